The zero-order valence-electron chi connectivity index (χ0n) is 13.8. The molecule has 128 valence electrons. The van der Waals surface area contributed by atoms with Crippen molar-refractivity contribution in [1.29, 1.82) is 0 Å². The fourth-order valence-corrected chi connectivity index (χ4v) is 2.10. The third-order valence-electron chi connectivity index (χ3n) is 3.36. The monoisotopic (exact) mass is 338 g/mol. The van der Waals surface area contributed by atoms with Gasteiger partial charge in [0.25, 0.3) is 5.69 Å². The molecule has 0 aliphatic carbocycles. The molecule has 0 spiro atoms. The molecule has 0 aliphatic rings. The predicted molar refractivity (Wildman–Crippen MR) is 94.0 cm³/mol. The van der Waals surface area contributed by atoms with Crippen LogP contribution in [0.1, 0.15) is 23.1 Å². The molecule has 1 amide bonds. The summed E-state index contributed by atoms with van der Waals surface area (Å²) >= 11 is 0. The zero-order valence-corrected chi connectivity index (χ0v) is 13.8. The highest BCUT2D eigenvalue weighted by Crippen LogP contribution is 2.18. The molecule has 0 atom stereocenters. The molecule has 0 unspecified atom stereocenters. The fraction of sp³-hybridized carbons (Fsp3) is 0.211. The van der Waals surface area contributed by atoms with Gasteiger partial charge in [0.15, 0.2) is 0 Å². The van der Waals surface area contributed by atoms with E-state index in [1.807, 2.05) is 30.3 Å². The maximum atomic E-state index is 11.6. The van der Waals surface area contributed by atoms with Crippen molar-refractivity contribution in [2.24, 2.45) is 0 Å². The molecule has 0 aliphatic heterocycles. The molecule has 25 heavy (non-hydrogen) atoms. The minimum atomic E-state index is -0.489. The van der Waals surface area contributed by atoms with Crippen molar-refractivity contribution in [3.05, 3.63) is 75.3 Å². The van der Waals surface area contributed by atoms with Gasteiger partial charge in [-0.05, 0) is 24.6 Å². The number of benzene rings is 2. The van der Waals surface area contributed by atoms with Gasteiger partial charge < -0.3 is 10.1 Å². The van der Waals surface area contributed by atoms with Gasteiger partial charge in [0.05, 0.1) is 4.92 Å². The summed E-state index contributed by atoms with van der Waals surface area (Å²) in [6.07, 6.45) is -0.0342. The number of carbonyl (C=O) groups excluding carboxylic acids is 1. The smallest absolute Gasteiger partial charge is 0.407 e. The van der Waals surface area contributed by atoms with E-state index in [4.69, 9.17) is 4.74 Å². The minimum Gasteiger partial charge on any atom is -0.445 e. The first-order valence-electron chi connectivity index (χ1n) is 7.75. The first-order valence-corrected chi connectivity index (χ1v) is 7.75. The van der Waals surface area contributed by atoms with Crippen LogP contribution < -0.4 is 5.32 Å². The Hall–Kier alpha value is -3.33. The molecular formula is C19H18N2O4. The molecule has 6 nitrogen and oxygen atoms in total. The van der Waals surface area contributed by atoms with Gasteiger partial charge in [-0.2, -0.15) is 0 Å². The number of nitrogens with one attached hydrogen (secondary N) is 1. The van der Waals surface area contributed by atoms with E-state index in [1.165, 1.54) is 6.07 Å². The van der Waals surface area contributed by atoms with Gasteiger partial charge >= 0.3 is 6.09 Å². The van der Waals surface area contributed by atoms with E-state index in [-0.39, 0.29) is 12.3 Å². The summed E-state index contributed by atoms with van der Waals surface area (Å²) < 4.78 is 5.08. The van der Waals surface area contributed by atoms with Crippen molar-refractivity contribution in [3.8, 4) is 11.8 Å². The highest BCUT2D eigenvalue weighted by Gasteiger charge is 2.09. The van der Waals surface area contributed by atoms with Crippen molar-refractivity contribution in [2.45, 2.75) is 20.0 Å². The van der Waals surface area contributed by atoms with Crippen LogP contribution in [0.2, 0.25) is 0 Å². The van der Waals surface area contributed by atoms with Crippen LogP contribution >= 0.6 is 0 Å². The lowest BCUT2D eigenvalue weighted by atomic mass is 10.1. The van der Waals surface area contributed by atoms with Crippen LogP contribution in [0.15, 0.2) is 48.5 Å². The third-order valence-corrected chi connectivity index (χ3v) is 3.36. The van der Waals surface area contributed by atoms with Gasteiger partial charge in [-0.1, -0.05) is 42.2 Å². The number of aryl methyl sites for hydroxylation is 1. The minimum absolute atomic E-state index is 0.0772. The van der Waals surface area contributed by atoms with Crippen LogP contribution in [-0.4, -0.2) is 17.6 Å². The van der Waals surface area contributed by atoms with E-state index >= 15 is 0 Å². The van der Waals surface area contributed by atoms with Gasteiger partial charge in [-0.15, -0.1) is 0 Å². The SMILES string of the molecule is Cc1cc(C#CCCNC(=O)OCc2ccccc2)ccc1[N+](=O)[O-]. The normalized spacial score (nSPS) is 9.64. The molecule has 0 heterocycles. The highest BCUT2D eigenvalue weighted by atomic mass is 16.6. The van der Waals surface area contributed by atoms with Crippen molar-refractivity contribution in [2.75, 3.05) is 6.54 Å². The summed E-state index contributed by atoms with van der Waals surface area (Å²) in [5.41, 5.74) is 2.27. The number of nitrogens with zero attached hydrogens (tertiary/aromatic N) is 1. The van der Waals surface area contributed by atoms with Crippen molar-refractivity contribution < 1.29 is 14.5 Å². The number of rotatable bonds is 5. The average Bonchev–Trinajstić information content (AvgIpc) is 2.60. The van der Waals surface area contributed by atoms with E-state index in [2.05, 4.69) is 17.2 Å². The molecule has 2 aromatic rings. The average molecular weight is 338 g/mol. The molecule has 6 heteroatoms. The van der Waals surface area contributed by atoms with Gasteiger partial charge in [0, 0.05) is 30.2 Å². The summed E-state index contributed by atoms with van der Waals surface area (Å²) in [6, 6.07) is 14.1. The van der Waals surface area contributed by atoms with Crippen LogP contribution in [0.5, 0.6) is 0 Å². The van der Waals surface area contributed by atoms with Crippen LogP contribution in [-0.2, 0) is 11.3 Å². The molecular weight excluding hydrogens is 320 g/mol. The highest BCUT2D eigenvalue weighted by molar-refractivity contribution is 5.67. The van der Waals surface area contributed by atoms with Crippen molar-refractivity contribution in [3.63, 3.8) is 0 Å². The summed E-state index contributed by atoms with van der Waals surface area (Å²) in [4.78, 5) is 21.9. The number of hydrogen-bond donors (Lipinski definition) is 1. The second-order valence-corrected chi connectivity index (χ2v) is 5.30. The van der Waals surface area contributed by atoms with Gasteiger partial charge in [0.1, 0.15) is 6.61 Å². The Morgan fingerprint density at radius 2 is 2.00 bits per heavy atom. The van der Waals surface area contributed by atoms with Crippen molar-refractivity contribution in [1.82, 2.24) is 5.32 Å². The number of ether oxygens (including phenoxy) is 1. The molecule has 0 fully saturated rings. The first-order chi connectivity index (χ1) is 12.1. The van der Waals surface area contributed by atoms with E-state index in [0.29, 0.717) is 24.1 Å². The lowest BCUT2D eigenvalue weighted by Crippen LogP contribution is -2.24. The first kappa shape index (κ1) is 18.0. The van der Waals surface area contributed by atoms with Crippen LogP contribution in [0, 0.1) is 28.9 Å². The number of hydrogen-bond acceptors (Lipinski definition) is 4. The van der Waals surface area contributed by atoms with Crippen LogP contribution in [0.4, 0.5) is 10.5 Å². The lowest BCUT2D eigenvalue weighted by molar-refractivity contribution is -0.385. The third kappa shape index (κ3) is 5.99. The molecule has 0 bridgehead atoms. The number of alkyl carbamates (subject to hydrolysis) is 1. The van der Waals surface area contributed by atoms with Crippen molar-refractivity contribution >= 4 is 11.8 Å². The van der Waals surface area contributed by atoms with Gasteiger partial charge in [-0.3, -0.25) is 10.1 Å². The Bertz CT molecular complexity index is 807. The molecule has 0 radical (unpaired) electrons. The molecule has 2 rings (SSSR count). The Labute approximate surface area is 146 Å². The maximum absolute atomic E-state index is 11.6. The molecule has 0 saturated carbocycles. The number of nitro benzene ring substituents is 1. The predicted octanol–water partition coefficient (Wildman–Crippen LogP) is 3.57. The Kier molecular flexibility index (Phi) is 6.55. The Morgan fingerprint density at radius 1 is 1.24 bits per heavy atom. The maximum Gasteiger partial charge on any atom is 0.407 e. The topological polar surface area (TPSA) is 81.5 Å². The summed E-state index contributed by atoms with van der Waals surface area (Å²) in [5, 5.41) is 13.4. The Balaban J connectivity index is 1.72. The zero-order chi connectivity index (χ0) is 18.1. The number of carbonyl (C=O) groups is 1. The second kappa shape index (κ2) is 9.08. The summed E-state index contributed by atoms with van der Waals surface area (Å²) in [7, 11) is 0. The summed E-state index contributed by atoms with van der Waals surface area (Å²) in [6.45, 7) is 2.26. The van der Waals surface area contributed by atoms with Gasteiger partial charge in [0.2, 0.25) is 0 Å². The van der Waals surface area contributed by atoms with E-state index in [1.54, 1.807) is 19.1 Å². The second-order valence-electron chi connectivity index (χ2n) is 5.30. The van der Waals surface area contributed by atoms with Crippen LogP contribution in [0.3, 0.4) is 0 Å². The molecule has 0 saturated heterocycles. The molecule has 0 aromatic heterocycles. The molecule has 2 aromatic carbocycles. The van der Waals surface area contributed by atoms with Crippen LogP contribution in [0.25, 0.3) is 0 Å². The van der Waals surface area contributed by atoms with E-state index < -0.39 is 11.0 Å². The lowest BCUT2D eigenvalue weighted by Gasteiger charge is -2.05. The van der Waals surface area contributed by atoms with E-state index in [9.17, 15) is 14.9 Å². The summed E-state index contributed by atoms with van der Waals surface area (Å²) in [5.74, 6) is 5.84. The fourth-order valence-electron chi connectivity index (χ4n) is 2.10. The Morgan fingerprint density at radius 3 is 2.68 bits per heavy atom. The quantitative estimate of drug-likeness (QED) is 0.391. The van der Waals surface area contributed by atoms with E-state index in [0.717, 1.165) is 5.56 Å². The largest absolute Gasteiger partial charge is 0.445 e. The van der Waals surface area contributed by atoms with Gasteiger partial charge in [-0.25, -0.2) is 4.79 Å². The number of nitro groups is 1. The molecule has 1 N–H and O–H groups in total. The number of amides is 1. The standard InChI is InChI=1S/C19H18N2O4/c1-15-13-16(10-11-18(15)21(23)24)7-5-6-12-20-19(22)25-14-17-8-3-2-4-9-17/h2-4,8-11,13H,6,12,14H2,1H3,(H,20,22).